The molecule has 33 heavy (non-hydrogen) atoms. The molecule has 1 amide bonds. The lowest BCUT2D eigenvalue weighted by atomic mass is 9.94. The molecule has 1 aliphatic rings. The summed E-state index contributed by atoms with van der Waals surface area (Å²) in [7, 11) is 8.40. The van der Waals surface area contributed by atoms with E-state index in [1.165, 1.54) is 19.1 Å². The van der Waals surface area contributed by atoms with Crippen molar-refractivity contribution in [3.8, 4) is 17.2 Å². The lowest BCUT2D eigenvalue weighted by molar-refractivity contribution is -0.140. The maximum absolute atomic E-state index is 13.1. The van der Waals surface area contributed by atoms with Crippen LogP contribution >= 0.6 is 0 Å². The smallest absolute Gasteiger partial charge is 0.295 e. The van der Waals surface area contributed by atoms with Gasteiger partial charge in [0.25, 0.3) is 11.7 Å². The van der Waals surface area contributed by atoms with Crippen LogP contribution in [0.5, 0.6) is 17.2 Å². The summed E-state index contributed by atoms with van der Waals surface area (Å²) in [5.74, 6) is 0.0503. The molecule has 0 radical (unpaired) electrons. The zero-order valence-corrected chi connectivity index (χ0v) is 19.8. The Kier molecular flexibility index (Phi) is 7.28. The first-order chi connectivity index (χ1) is 15.7. The van der Waals surface area contributed by atoms with Crippen LogP contribution in [0.25, 0.3) is 5.76 Å². The number of hydrogen-bond acceptors (Lipinski definition) is 7. The second-order valence-electron chi connectivity index (χ2n) is 8.09. The second-order valence-corrected chi connectivity index (χ2v) is 8.09. The van der Waals surface area contributed by atoms with E-state index >= 15 is 0 Å². The van der Waals surface area contributed by atoms with E-state index in [1.54, 1.807) is 43.5 Å². The van der Waals surface area contributed by atoms with Crippen LogP contribution in [0.3, 0.4) is 0 Å². The Morgan fingerprint density at radius 1 is 0.970 bits per heavy atom. The molecule has 0 bridgehead atoms. The van der Waals surface area contributed by atoms with E-state index < -0.39 is 17.7 Å². The number of aryl methyl sites for hydroxylation is 1. The van der Waals surface area contributed by atoms with Crippen LogP contribution in [0, 0.1) is 6.92 Å². The highest BCUT2D eigenvalue weighted by Gasteiger charge is 2.46. The van der Waals surface area contributed by atoms with Crippen LogP contribution in [0.15, 0.2) is 42.0 Å². The van der Waals surface area contributed by atoms with Gasteiger partial charge >= 0.3 is 0 Å². The standard InChI is InChI=1S/C25H30N2O6/c1-15-13-17(8-9-18(15)31-4)23(28)21-22(16-7-10-19(32-5)20(14-16)33-6)27(12-11-26(2)3)25(30)24(21)29/h7-10,13-14,22,28H,11-12H2,1-6H3. The van der Waals surface area contributed by atoms with Crippen molar-refractivity contribution in [2.45, 2.75) is 13.0 Å². The van der Waals surface area contributed by atoms with E-state index in [-0.39, 0.29) is 11.3 Å². The van der Waals surface area contributed by atoms with Gasteiger partial charge < -0.3 is 29.1 Å². The summed E-state index contributed by atoms with van der Waals surface area (Å²) in [6.07, 6.45) is 0. The van der Waals surface area contributed by atoms with Crippen molar-refractivity contribution in [3.63, 3.8) is 0 Å². The third-order valence-corrected chi connectivity index (χ3v) is 5.72. The van der Waals surface area contributed by atoms with Gasteiger partial charge in [0.2, 0.25) is 0 Å². The number of methoxy groups -OCH3 is 3. The summed E-state index contributed by atoms with van der Waals surface area (Å²) in [5.41, 5.74) is 1.91. The minimum atomic E-state index is -0.771. The summed E-state index contributed by atoms with van der Waals surface area (Å²) in [6.45, 7) is 2.71. The molecule has 0 aromatic heterocycles. The van der Waals surface area contributed by atoms with Gasteiger partial charge in [0, 0.05) is 18.7 Å². The number of likely N-dealkylation sites (N-methyl/N-ethyl adjacent to an activating group) is 1. The zero-order chi connectivity index (χ0) is 24.3. The van der Waals surface area contributed by atoms with Crippen LogP contribution < -0.4 is 14.2 Å². The number of rotatable bonds is 8. The third kappa shape index (κ3) is 4.66. The molecule has 1 atom stereocenters. The summed E-state index contributed by atoms with van der Waals surface area (Å²) < 4.78 is 16.1. The Balaban J connectivity index is 2.19. The van der Waals surface area contributed by atoms with Crippen LogP contribution in [-0.4, -0.2) is 75.1 Å². The highest BCUT2D eigenvalue weighted by Crippen LogP contribution is 2.42. The first-order valence-electron chi connectivity index (χ1n) is 10.5. The molecule has 8 heteroatoms. The fourth-order valence-electron chi connectivity index (χ4n) is 3.97. The Morgan fingerprint density at radius 2 is 1.61 bits per heavy atom. The van der Waals surface area contributed by atoms with Crippen molar-refractivity contribution in [3.05, 3.63) is 58.7 Å². The van der Waals surface area contributed by atoms with E-state index in [9.17, 15) is 14.7 Å². The number of carbonyl (C=O) groups is 2. The van der Waals surface area contributed by atoms with E-state index in [0.29, 0.717) is 41.5 Å². The summed E-state index contributed by atoms with van der Waals surface area (Å²) >= 11 is 0. The van der Waals surface area contributed by atoms with E-state index in [2.05, 4.69) is 0 Å². The lowest BCUT2D eigenvalue weighted by Crippen LogP contribution is -2.35. The molecule has 176 valence electrons. The molecular weight excluding hydrogens is 424 g/mol. The number of aliphatic hydroxyl groups excluding tert-OH is 1. The minimum absolute atomic E-state index is 0.0375. The van der Waals surface area contributed by atoms with Crippen molar-refractivity contribution >= 4 is 17.4 Å². The zero-order valence-electron chi connectivity index (χ0n) is 19.8. The summed E-state index contributed by atoms with van der Waals surface area (Å²) in [6, 6.07) is 9.56. The number of Topliss-reactive ketones (excluding diaryl/α,β-unsaturated/α-hetero) is 1. The molecule has 0 aliphatic carbocycles. The molecule has 1 fully saturated rings. The van der Waals surface area contributed by atoms with Crippen molar-refractivity contribution in [2.24, 2.45) is 0 Å². The number of ether oxygens (including phenoxy) is 3. The number of ketones is 1. The Hall–Kier alpha value is -3.52. The topological polar surface area (TPSA) is 88.5 Å². The van der Waals surface area contributed by atoms with E-state index in [0.717, 1.165) is 5.56 Å². The third-order valence-electron chi connectivity index (χ3n) is 5.72. The molecule has 1 unspecified atom stereocenters. The van der Waals surface area contributed by atoms with Gasteiger partial charge in [0.05, 0.1) is 32.9 Å². The number of likely N-dealkylation sites (tertiary alicyclic amines) is 1. The molecule has 0 spiro atoms. The van der Waals surface area contributed by atoms with E-state index in [1.807, 2.05) is 25.9 Å². The maximum Gasteiger partial charge on any atom is 0.295 e. The van der Waals surface area contributed by atoms with E-state index in [4.69, 9.17) is 14.2 Å². The highest BCUT2D eigenvalue weighted by molar-refractivity contribution is 6.46. The number of benzene rings is 2. The number of nitrogens with zero attached hydrogens (tertiary/aromatic N) is 2. The molecule has 3 rings (SSSR count). The molecule has 2 aromatic rings. The van der Waals surface area contributed by atoms with Crippen LogP contribution in [-0.2, 0) is 9.59 Å². The molecule has 1 N–H and O–H groups in total. The van der Waals surface area contributed by atoms with Gasteiger partial charge in [-0.2, -0.15) is 0 Å². The first-order valence-corrected chi connectivity index (χ1v) is 10.5. The Morgan fingerprint density at radius 3 is 2.18 bits per heavy atom. The van der Waals surface area contributed by atoms with Crippen LogP contribution in [0.1, 0.15) is 22.7 Å². The van der Waals surface area contributed by atoms with Crippen molar-refractivity contribution < 1.29 is 28.9 Å². The van der Waals surface area contributed by atoms with Gasteiger partial charge in [-0.1, -0.05) is 6.07 Å². The minimum Gasteiger partial charge on any atom is -0.507 e. The average molecular weight is 455 g/mol. The lowest BCUT2D eigenvalue weighted by Gasteiger charge is -2.27. The number of amides is 1. The van der Waals surface area contributed by atoms with Crippen molar-refractivity contribution in [1.82, 2.24) is 9.80 Å². The predicted octanol–water partition coefficient (Wildman–Crippen LogP) is 3.00. The average Bonchev–Trinajstić information content (AvgIpc) is 3.06. The van der Waals surface area contributed by atoms with Gasteiger partial charge in [-0.3, -0.25) is 9.59 Å². The number of carbonyl (C=O) groups excluding carboxylic acids is 2. The monoisotopic (exact) mass is 454 g/mol. The molecule has 8 nitrogen and oxygen atoms in total. The fourth-order valence-corrected chi connectivity index (χ4v) is 3.97. The molecular formula is C25H30N2O6. The largest absolute Gasteiger partial charge is 0.507 e. The molecule has 0 saturated carbocycles. The molecule has 1 heterocycles. The highest BCUT2D eigenvalue weighted by atomic mass is 16.5. The second kappa shape index (κ2) is 9.95. The van der Waals surface area contributed by atoms with Gasteiger partial charge in [0.1, 0.15) is 11.5 Å². The van der Waals surface area contributed by atoms with Gasteiger partial charge in [-0.15, -0.1) is 0 Å². The molecule has 1 aliphatic heterocycles. The predicted molar refractivity (Wildman–Crippen MR) is 125 cm³/mol. The summed E-state index contributed by atoms with van der Waals surface area (Å²) in [5, 5.41) is 11.2. The van der Waals surface area contributed by atoms with Crippen LogP contribution in [0.4, 0.5) is 0 Å². The maximum atomic E-state index is 13.1. The van der Waals surface area contributed by atoms with Gasteiger partial charge in [0.15, 0.2) is 11.5 Å². The van der Waals surface area contributed by atoms with Crippen molar-refractivity contribution in [2.75, 3.05) is 48.5 Å². The summed E-state index contributed by atoms with van der Waals surface area (Å²) in [4.78, 5) is 29.6. The van der Waals surface area contributed by atoms with Crippen molar-refractivity contribution in [1.29, 1.82) is 0 Å². The van der Waals surface area contributed by atoms with Crippen LogP contribution in [0.2, 0.25) is 0 Å². The quantitative estimate of drug-likeness (QED) is 0.373. The molecule has 2 aromatic carbocycles. The number of aliphatic hydroxyl groups is 1. The Bertz CT molecular complexity index is 1090. The van der Waals surface area contributed by atoms with Gasteiger partial charge in [-0.05, 0) is 62.5 Å². The first kappa shape index (κ1) is 24.1. The Labute approximate surface area is 194 Å². The SMILES string of the molecule is COc1ccc(C(O)=C2C(=O)C(=O)N(CCN(C)C)C2c2ccc(OC)c(OC)c2)cc1C. The molecule has 1 saturated heterocycles. The van der Waals surface area contributed by atoms with Gasteiger partial charge in [-0.25, -0.2) is 0 Å². The fraction of sp³-hybridized carbons (Fsp3) is 0.360. The normalized spacial score (nSPS) is 17.5. The number of hydrogen-bond donors (Lipinski definition) is 1.